The van der Waals surface area contributed by atoms with Crippen LogP contribution in [0.4, 0.5) is 5.69 Å². The topological polar surface area (TPSA) is 149 Å². The second kappa shape index (κ2) is 8.75. The molecule has 0 fully saturated rings. The standard InChI is InChI=1S/C22H17N5O6/c1-13-24-19-5-3-2-4-17(19)22(30)26(13)33-12-21(29)25-23-11-18-16-8-7-15(27(31)32)10-14(16)6-9-20(18)28/h2-11,28H,12H2,1H3,(H,25,29). The summed E-state index contributed by atoms with van der Waals surface area (Å²) < 4.78 is 0.940. The fourth-order valence-corrected chi connectivity index (χ4v) is 3.28. The second-order valence-corrected chi connectivity index (χ2v) is 7.00. The Labute approximate surface area is 185 Å². The summed E-state index contributed by atoms with van der Waals surface area (Å²) in [4.78, 5) is 44.7. The summed E-state index contributed by atoms with van der Waals surface area (Å²) in [7, 11) is 0. The first-order chi connectivity index (χ1) is 15.8. The average molecular weight is 447 g/mol. The summed E-state index contributed by atoms with van der Waals surface area (Å²) in [6.45, 7) is 1.07. The number of carbonyl (C=O) groups is 1. The number of nitro benzene ring substituents is 1. The number of phenolic OH excluding ortho intramolecular Hbond substituents is 1. The molecule has 166 valence electrons. The Morgan fingerprint density at radius 1 is 1.24 bits per heavy atom. The fourth-order valence-electron chi connectivity index (χ4n) is 3.28. The number of nitrogens with zero attached hydrogens (tertiary/aromatic N) is 4. The minimum absolute atomic E-state index is 0.0877. The number of nitro groups is 1. The SMILES string of the molecule is Cc1nc2ccccc2c(=O)n1OCC(=O)NN=Cc1c(O)ccc2cc([N+](=O)[O-])ccc12. The van der Waals surface area contributed by atoms with E-state index in [4.69, 9.17) is 4.84 Å². The molecule has 0 radical (unpaired) electrons. The van der Waals surface area contributed by atoms with Crippen molar-refractivity contribution in [3.63, 3.8) is 0 Å². The van der Waals surface area contributed by atoms with Crippen molar-refractivity contribution in [1.29, 1.82) is 0 Å². The molecule has 0 atom stereocenters. The van der Waals surface area contributed by atoms with Gasteiger partial charge in [-0.05, 0) is 42.0 Å². The number of para-hydroxylation sites is 1. The van der Waals surface area contributed by atoms with Gasteiger partial charge >= 0.3 is 0 Å². The highest BCUT2D eigenvalue weighted by molar-refractivity contribution is 6.03. The van der Waals surface area contributed by atoms with E-state index in [1.54, 1.807) is 37.3 Å². The molecule has 0 saturated carbocycles. The van der Waals surface area contributed by atoms with E-state index in [1.807, 2.05) is 0 Å². The van der Waals surface area contributed by atoms with Gasteiger partial charge in [0.05, 0.1) is 22.0 Å². The lowest BCUT2D eigenvalue weighted by Crippen LogP contribution is -2.35. The van der Waals surface area contributed by atoms with E-state index in [-0.39, 0.29) is 22.8 Å². The Bertz CT molecular complexity index is 1490. The number of phenols is 1. The molecule has 11 nitrogen and oxygen atoms in total. The van der Waals surface area contributed by atoms with Crippen molar-refractivity contribution in [3.8, 4) is 5.75 Å². The maximum Gasteiger partial charge on any atom is 0.294 e. The van der Waals surface area contributed by atoms with Crippen LogP contribution in [0.1, 0.15) is 11.4 Å². The molecule has 1 amide bonds. The van der Waals surface area contributed by atoms with Gasteiger partial charge in [0.25, 0.3) is 17.2 Å². The number of non-ortho nitro benzene ring substituents is 1. The predicted octanol–water partition coefficient (Wildman–Crippen LogP) is 2.05. The lowest BCUT2D eigenvalue weighted by Gasteiger charge is -2.11. The number of hydrogen-bond acceptors (Lipinski definition) is 8. The molecule has 1 aromatic heterocycles. The molecule has 11 heteroatoms. The molecule has 0 unspecified atom stereocenters. The summed E-state index contributed by atoms with van der Waals surface area (Å²) in [6, 6.07) is 13.9. The van der Waals surface area contributed by atoms with E-state index in [9.17, 15) is 24.8 Å². The first-order valence-corrected chi connectivity index (χ1v) is 9.69. The van der Waals surface area contributed by atoms with E-state index in [1.165, 1.54) is 30.5 Å². The molecule has 4 rings (SSSR count). The van der Waals surface area contributed by atoms with Crippen LogP contribution < -0.4 is 15.8 Å². The van der Waals surface area contributed by atoms with Crippen molar-refractivity contribution in [2.45, 2.75) is 6.92 Å². The molecule has 2 N–H and O–H groups in total. The zero-order valence-electron chi connectivity index (χ0n) is 17.3. The lowest BCUT2D eigenvalue weighted by molar-refractivity contribution is -0.384. The number of rotatable bonds is 6. The normalized spacial score (nSPS) is 11.2. The van der Waals surface area contributed by atoms with Crippen LogP contribution in [0.2, 0.25) is 0 Å². The van der Waals surface area contributed by atoms with E-state index in [0.29, 0.717) is 21.7 Å². The quantitative estimate of drug-likeness (QED) is 0.261. The largest absolute Gasteiger partial charge is 0.507 e. The van der Waals surface area contributed by atoms with Crippen molar-refractivity contribution >= 4 is 39.5 Å². The molecule has 0 aliphatic carbocycles. The molecular weight excluding hydrogens is 430 g/mol. The van der Waals surface area contributed by atoms with Crippen LogP contribution >= 0.6 is 0 Å². The highest BCUT2D eigenvalue weighted by Crippen LogP contribution is 2.28. The average Bonchev–Trinajstić information content (AvgIpc) is 2.80. The third-order valence-electron chi connectivity index (χ3n) is 4.84. The van der Waals surface area contributed by atoms with Gasteiger partial charge in [0.15, 0.2) is 6.61 Å². The number of carbonyl (C=O) groups excluding carboxylic acids is 1. The molecule has 0 spiro atoms. The van der Waals surface area contributed by atoms with Gasteiger partial charge in [-0.15, -0.1) is 4.73 Å². The van der Waals surface area contributed by atoms with Gasteiger partial charge in [-0.1, -0.05) is 18.2 Å². The number of aromatic nitrogens is 2. The zero-order chi connectivity index (χ0) is 23.5. The predicted molar refractivity (Wildman–Crippen MR) is 120 cm³/mol. The van der Waals surface area contributed by atoms with Gasteiger partial charge in [-0.25, -0.2) is 10.4 Å². The Morgan fingerprint density at radius 2 is 2.03 bits per heavy atom. The van der Waals surface area contributed by atoms with Crippen molar-refractivity contribution in [2.24, 2.45) is 5.10 Å². The number of aryl methyl sites for hydroxylation is 1. The van der Waals surface area contributed by atoms with E-state index >= 15 is 0 Å². The number of hydrogen-bond donors (Lipinski definition) is 2. The van der Waals surface area contributed by atoms with Crippen molar-refractivity contribution < 1.29 is 19.7 Å². The summed E-state index contributed by atoms with van der Waals surface area (Å²) >= 11 is 0. The molecule has 4 aromatic rings. The van der Waals surface area contributed by atoms with Crippen LogP contribution in [0.3, 0.4) is 0 Å². The van der Waals surface area contributed by atoms with Crippen LogP contribution in [-0.4, -0.2) is 38.5 Å². The Balaban J connectivity index is 1.48. The highest BCUT2D eigenvalue weighted by Gasteiger charge is 2.12. The first-order valence-electron chi connectivity index (χ1n) is 9.69. The van der Waals surface area contributed by atoms with Gasteiger partial charge in [-0.2, -0.15) is 5.10 Å². The van der Waals surface area contributed by atoms with Gasteiger partial charge in [0, 0.05) is 17.7 Å². The summed E-state index contributed by atoms with van der Waals surface area (Å²) in [6.07, 6.45) is 1.22. The summed E-state index contributed by atoms with van der Waals surface area (Å²) in [5, 5.41) is 26.3. The summed E-state index contributed by atoms with van der Waals surface area (Å²) in [5.74, 6) is -0.485. The maximum atomic E-state index is 12.6. The number of benzene rings is 3. The number of aromatic hydroxyl groups is 1. The highest BCUT2D eigenvalue weighted by atomic mass is 16.7. The monoisotopic (exact) mass is 447 g/mol. The van der Waals surface area contributed by atoms with E-state index < -0.39 is 23.0 Å². The van der Waals surface area contributed by atoms with Crippen molar-refractivity contribution in [3.05, 3.63) is 86.5 Å². The van der Waals surface area contributed by atoms with Crippen LogP contribution in [-0.2, 0) is 4.79 Å². The fraction of sp³-hybridized carbons (Fsp3) is 0.0909. The van der Waals surface area contributed by atoms with E-state index in [2.05, 4.69) is 15.5 Å². The zero-order valence-corrected chi connectivity index (χ0v) is 17.3. The van der Waals surface area contributed by atoms with Gasteiger partial charge in [0.1, 0.15) is 11.6 Å². The van der Waals surface area contributed by atoms with Gasteiger partial charge < -0.3 is 9.94 Å². The molecule has 1 heterocycles. The van der Waals surface area contributed by atoms with Crippen LogP contribution in [0.15, 0.2) is 64.5 Å². The second-order valence-electron chi connectivity index (χ2n) is 7.00. The molecule has 33 heavy (non-hydrogen) atoms. The van der Waals surface area contributed by atoms with Crippen molar-refractivity contribution in [2.75, 3.05) is 6.61 Å². The number of amides is 1. The molecule has 0 aliphatic rings. The smallest absolute Gasteiger partial charge is 0.294 e. The minimum atomic E-state index is -0.652. The van der Waals surface area contributed by atoms with Crippen molar-refractivity contribution in [1.82, 2.24) is 15.1 Å². The molecule has 3 aromatic carbocycles. The Kier molecular flexibility index (Phi) is 5.68. The minimum Gasteiger partial charge on any atom is -0.507 e. The molecule has 0 bridgehead atoms. The van der Waals surface area contributed by atoms with Crippen LogP contribution in [0.5, 0.6) is 5.75 Å². The van der Waals surface area contributed by atoms with Crippen LogP contribution in [0, 0.1) is 17.0 Å². The number of fused-ring (bicyclic) bond motifs is 2. The van der Waals surface area contributed by atoms with Crippen LogP contribution in [0.25, 0.3) is 21.7 Å². The number of hydrazone groups is 1. The lowest BCUT2D eigenvalue weighted by atomic mass is 10.0. The van der Waals surface area contributed by atoms with E-state index in [0.717, 1.165) is 4.73 Å². The Morgan fingerprint density at radius 3 is 2.82 bits per heavy atom. The third-order valence-corrected chi connectivity index (χ3v) is 4.84. The maximum absolute atomic E-state index is 12.6. The third kappa shape index (κ3) is 4.32. The van der Waals surface area contributed by atoms with Gasteiger partial charge in [-0.3, -0.25) is 19.7 Å². The Hall–Kier alpha value is -4.80. The summed E-state index contributed by atoms with van der Waals surface area (Å²) in [5.41, 5.74) is 2.52. The molecule has 0 aliphatic heterocycles. The van der Waals surface area contributed by atoms with Gasteiger partial charge in [0.2, 0.25) is 0 Å². The molecule has 0 saturated heterocycles. The first kappa shape index (κ1) is 21.4. The number of nitrogens with one attached hydrogen (secondary N) is 1. The molecular formula is C22H17N5O6.